The topological polar surface area (TPSA) is 99.5 Å². The minimum absolute atomic E-state index is 0.419. The predicted molar refractivity (Wildman–Crippen MR) is 75.7 cm³/mol. The molecule has 1 aliphatic rings. The summed E-state index contributed by atoms with van der Waals surface area (Å²) < 4.78 is 1.50. The molecule has 2 amide bonds. The van der Waals surface area contributed by atoms with Crippen molar-refractivity contribution in [1.82, 2.24) is 25.3 Å². The first kappa shape index (κ1) is 15.3. The molecule has 21 heavy (non-hydrogen) atoms. The highest BCUT2D eigenvalue weighted by Crippen LogP contribution is 2.14. The number of amides is 2. The van der Waals surface area contributed by atoms with Crippen molar-refractivity contribution in [1.29, 1.82) is 0 Å². The highest BCUT2D eigenvalue weighted by Gasteiger charge is 2.24. The fraction of sp³-hybridized carbons (Fsp3) is 0.615. The maximum atomic E-state index is 11.8. The Labute approximate surface area is 123 Å². The van der Waals surface area contributed by atoms with Gasteiger partial charge in [-0.3, -0.25) is 4.68 Å². The number of aromatic nitrogens is 2. The normalized spacial score (nSPS) is 20.2. The molecule has 1 aromatic rings. The zero-order chi connectivity index (χ0) is 15.4. The lowest BCUT2D eigenvalue weighted by atomic mass is 10.1. The minimum atomic E-state index is -1.11. The van der Waals surface area contributed by atoms with E-state index < -0.39 is 18.0 Å². The average Bonchev–Trinajstić information content (AvgIpc) is 3.02. The Morgan fingerprint density at radius 3 is 2.81 bits per heavy atom. The Bertz CT molecular complexity index is 516. The van der Waals surface area contributed by atoms with Crippen molar-refractivity contribution in [2.45, 2.75) is 12.5 Å². The summed E-state index contributed by atoms with van der Waals surface area (Å²) in [6.07, 6.45) is 4.05. The Balaban J connectivity index is 1.85. The van der Waals surface area contributed by atoms with Crippen LogP contribution in [0, 0.1) is 5.92 Å². The summed E-state index contributed by atoms with van der Waals surface area (Å²) in [5.41, 5.74) is 0.445. The van der Waals surface area contributed by atoms with E-state index in [1.165, 1.54) is 10.9 Å². The van der Waals surface area contributed by atoms with E-state index in [0.29, 0.717) is 18.0 Å². The molecule has 1 saturated heterocycles. The quantitative estimate of drug-likeness (QED) is 0.698. The number of carbonyl (C=O) groups is 2. The molecule has 116 valence electrons. The summed E-state index contributed by atoms with van der Waals surface area (Å²) in [5, 5.41) is 18.3. The molecule has 8 nitrogen and oxygen atoms in total. The molecular weight excluding hydrogens is 274 g/mol. The van der Waals surface area contributed by atoms with Gasteiger partial charge in [0.25, 0.3) is 0 Å². The SMILES string of the molecule is CN1CCC(CNC(=O)NC(C(=O)O)c2cnn(C)c2)C1. The molecule has 2 heterocycles. The van der Waals surface area contributed by atoms with Gasteiger partial charge in [0.2, 0.25) is 0 Å². The molecule has 0 aliphatic carbocycles. The van der Waals surface area contributed by atoms with Gasteiger partial charge in [0.1, 0.15) is 0 Å². The van der Waals surface area contributed by atoms with E-state index in [0.717, 1.165) is 19.5 Å². The van der Waals surface area contributed by atoms with Crippen LogP contribution in [0.15, 0.2) is 12.4 Å². The van der Waals surface area contributed by atoms with Gasteiger partial charge >= 0.3 is 12.0 Å². The van der Waals surface area contributed by atoms with Crippen LogP contribution in [0.4, 0.5) is 4.79 Å². The predicted octanol–water partition coefficient (Wildman–Crippen LogP) is -0.203. The van der Waals surface area contributed by atoms with Gasteiger partial charge in [0.05, 0.1) is 6.20 Å². The average molecular weight is 295 g/mol. The highest BCUT2D eigenvalue weighted by molar-refractivity contribution is 5.83. The van der Waals surface area contributed by atoms with Crippen LogP contribution in [-0.4, -0.2) is 58.5 Å². The van der Waals surface area contributed by atoms with Gasteiger partial charge < -0.3 is 20.6 Å². The summed E-state index contributed by atoms with van der Waals surface area (Å²) in [5.74, 6) is -0.693. The van der Waals surface area contributed by atoms with Crippen molar-refractivity contribution in [3.05, 3.63) is 18.0 Å². The molecule has 2 rings (SSSR count). The molecule has 2 unspecified atom stereocenters. The number of hydrogen-bond donors (Lipinski definition) is 3. The minimum Gasteiger partial charge on any atom is -0.479 e. The van der Waals surface area contributed by atoms with Crippen molar-refractivity contribution in [2.24, 2.45) is 13.0 Å². The third kappa shape index (κ3) is 4.19. The number of carboxylic acids is 1. The van der Waals surface area contributed by atoms with E-state index >= 15 is 0 Å². The van der Waals surface area contributed by atoms with Gasteiger partial charge in [-0.1, -0.05) is 0 Å². The fourth-order valence-corrected chi connectivity index (χ4v) is 2.49. The number of aliphatic carboxylic acids is 1. The highest BCUT2D eigenvalue weighted by atomic mass is 16.4. The van der Waals surface area contributed by atoms with Crippen molar-refractivity contribution >= 4 is 12.0 Å². The third-order valence-electron chi connectivity index (χ3n) is 3.62. The Morgan fingerprint density at radius 2 is 2.29 bits per heavy atom. The van der Waals surface area contributed by atoms with E-state index in [4.69, 9.17) is 0 Å². The fourth-order valence-electron chi connectivity index (χ4n) is 2.49. The van der Waals surface area contributed by atoms with Crippen molar-refractivity contribution < 1.29 is 14.7 Å². The molecule has 8 heteroatoms. The molecule has 0 saturated carbocycles. The Kier molecular flexibility index (Phi) is 4.79. The number of carboxylic acid groups (broad SMARTS) is 1. The maximum absolute atomic E-state index is 11.8. The van der Waals surface area contributed by atoms with Gasteiger partial charge in [0.15, 0.2) is 6.04 Å². The number of carbonyl (C=O) groups excluding carboxylic acids is 1. The Morgan fingerprint density at radius 1 is 1.52 bits per heavy atom. The number of urea groups is 1. The summed E-state index contributed by atoms with van der Waals surface area (Å²) >= 11 is 0. The molecule has 0 aromatic carbocycles. The summed E-state index contributed by atoms with van der Waals surface area (Å²) in [6, 6.07) is -1.56. The van der Waals surface area contributed by atoms with Crippen LogP contribution >= 0.6 is 0 Å². The van der Waals surface area contributed by atoms with Crippen LogP contribution in [-0.2, 0) is 11.8 Å². The summed E-state index contributed by atoms with van der Waals surface area (Å²) in [4.78, 5) is 25.3. The molecule has 0 bridgehead atoms. The second kappa shape index (κ2) is 6.57. The molecule has 3 N–H and O–H groups in total. The number of aryl methyl sites for hydroxylation is 1. The van der Waals surface area contributed by atoms with E-state index in [9.17, 15) is 14.7 Å². The smallest absolute Gasteiger partial charge is 0.331 e. The number of nitrogens with zero attached hydrogens (tertiary/aromatic N) is 3. The van der Waals surface area contributed by atoms with Crippen molar-refractivity contribution in [2.75, 3.05) is 26.7 Å². The molecular formula is C13H21N5O3. The maximum Gasteiger partial charge on any atom is 0.331 e. The van der Waals surface area contributed by atoms with Crippen LogP contribution in [0.2, 0.25) is 0 Å². The second-order valence-electron chi connectivity index (χ2n) is 5.49. The van der Waals surface area contributed by atoms with Crippen LogP contribution in [0.25, 0.3) is 0 Å². The van der Waals surface area contributed by atoms with Crippen LogP contribution < -0.4 is 10.6 Å². The lowest BCUT2D eigenvalue weighted by molar-refractivity contribution is -0.139. The first-order valence-electron chi connectivity index (χ1n) is 6.90. The summed E-state index contributed by atoms with van der Waals surface area (Å²) in [7, 11) is 3.74. The number of hydrogen-bond acceptors (Lipinski definition) is 4. The third-order valence-corrected chi connectivity index (χ3v) is 3.62. The number of rotatable bonds is 5. The molecule has 0 spiro atoms. The zero-order valence-corrected chi connectivity index (χ0v) is 12.2. The number of likely N-dealkylation sites (tertiary alicyclic amines) is 1. The molecule has 0 radical (unpaired) electrons. The first-order valence-corrected chi connectivity index (χ1v) is 6.90. The van der Waals surface area contributed by atoms with Gasteiger partial charge in [0, 0.05) is 31.9 Å². The van der Waals surface area contributed by atoms with Gasteiger partial charge in [-0.05, 0) is 25.9 Å². The first-order chi connectivity index (χ1) is 9.95. The second-order valence-corrected chi connectivity index (χ2v) is 5.49. The molecule has 1 fully saturated rings. The zero-order valence-electron chi connectivity index (χ0n) is 12.2. The monoisotopic (exact) mass is 295 g/mol. The van der Waals surface area contributed by atoms with Gasteiger partial charge in [-0.25, -0.2) is 9.59 Å². The molecule has 1 aromatic heterocycles. The van der Waals surface area contributed by atoms with Gasteiger partial charge in [-0.15, -0.1) is 0 Å². The van der Waals surface area contributed by atoms with E-state index in [1.54, 1.807) is 13.2 Å². The van der Waals surface area contributed by atoms with Crippen molar-refractivity contribution in [3.8, 4) is 0 Å². The largest absolute Gasteiger partial charge is 0.479 e. The van der Waals surface area contributed by atoms with E-state index in [-0.39, 0.29) is 0 Å². The molecule has 2 atom stereocenters. The van der Waals surface area contributed by atoms with E-state index in [2.05, 4.69) is 20.6 Å². The van der Waals surface area contributed by atoms with Crippen LogP contribution in [0.1, 0.15) is 18.0 Å². The molecule has 1 aliphatic heterocycles. The Hall–Kier alpha value is -2.09. The number of nitrogens with one attached hydrogen (secondary N) is 2. The lowest BCUT2D eigenvalue weighted by Gasteiger charge is -2.16. The standard InChI is InChI=1S/C13H21N5O3/c1-17-4-3-9(7-17)5-14-13(21)16-11(12(19)20)10-6-15-18(2)8-10/h6,8-9,11H,3-5,7H2,1-2H3,(H,19,20)(H2,14,16,21). The lowest BCUT2D eigenvalue weighted by Crippen LogP contribution is -2.42. The van der Waals surface area contributed by atoms with Crippen LogP contribution in [0.5, 0.6) is 0 Å². The van der Waals surface area contributed by atoms with Gasteiger partial charge in [-0.2, -0.15) is 5.10 Å². The van der Waals surface area contributed by atoms with E-state index in [1.807, 2.05) is 7.05 Å². The van der Waals surface area contributed by atoms with Crippen molar-refractivity contribution in [3.63, 3.8) is 0 Å². The van der Waals surface area contributed by atoms with Crippen LogP contribution in [0.3, 0.4) is 0 Å². The summed E-state index contributed by atoms with van der Waals surface area (Å²) in [6.45, 7) is 2.53.